The molecule has 1 heterocycles. The molecular weight excluding hydrogens is 199 g/mol. The maximum absolute atomic E-state index is 5.38. The largest absolute Gasteiger partial charge is 0.365 e. The molecule has 0 aromatic carbocycles. The minimum absolute atomic E-state index is 0.226. The fourth-order valence-corrected chi connectivity index (χ4v) is 0.722. The highest BCUT2D eigenvalue weighted by Gasteiger charge is 1.89. The minimum atomic E-state index is 0.226. The molecule has 1 N–H and O–H groups in total. The Balaban J connectivity index is 2.39. The molecule has 0 saturated carbocycles. The summed E-state index contributed by atoms with van der Waals surface area (Å²) in [6, 6.07) is 1.70. The monoisotopic (exact) mass is 204 g/mol. The van der Waals surface area contributed by atoms with Crippen LogP contribution in [0.3, 0.4) is 0 Å². The van der Waals surface area contributed by atoms with E-state index in [9.17, 15) is 0 Å². The highest BCUT2D eigenvalue weighted by molar-refractivity contribution is 6.55. The van der Waals surface area contributed by atoms with Crippen LogP contribution >= 0.6 is 23.2 Å². The van der Waals surface area contributed by atoms with Crippen molar-refractivity contribution >= 4 is 29.0 Å². The molecule has 4 nitrogen and oxygen atoms in total. The van der Waals surface area contributed by atoms with Gasteiger partial charge in [-0.3, -0.25) is 0 Å². The second kappa shape index (κ2) is 4.90. The predicted octanol–water partition coefficient (Wildman–Crippen LogP) is 1.60. The molecule has 0 amide bonds. The fourth-order valence-electron chi connectivity index (χ4n) is 0.568. The molecule has 0 atom stereocenters. The van der Waals surface area contributed by atoms with Crippen molar-refractivity contribution in [2.75, 3.05) is 11.9 Å². The van der Waals surface area contributed by atoms with Gasteiger partial charge in [0.2, 0.25) is 0 Å². The van der Waals surface area contributed by atoms with E-state index in [4.69, 9.17) is 23.2 Å². The molecule has 6 heteroatoms. The molecule has 1 aromatic rings. The Hall–Kier alpha value is -0.870. The molecule has 0 aliphatic carbocycles. The lowest BCUT2D eigenvalue weighted by atomic mass is 10.5. The zero-order chi connectivity index (χ0) is 8.81. The Kier molecular flexibility index (Phi) is 3.76. The summed E-state index contributed by atoms with van der Waals surface area (Å²) in [4.78, 5) is 0. The zero-order valence-corrected chi connectivity index (χ0v) is 7.55. The number of halogens is 2. The van der Waals surface area contributed by atoms with Crippen LogP contribution in [0.5, 0.6) is 0 Å². The quantitative estimate of drug-likeness (QED) is 0.814. The number of anilines is 1. The van der Waals surface area contributed by atoms with Crippen molar-refractivity contribution < 1.29 is 0 Å². The number of hydrogen-bond donors (Lipinski definition) is 1. The summed E-state index contributed by atoms with van der Waals surface area (Å²) in [6.45, 7) is 0.515. The van der Waals surface area contributed by atoms with Crippen LogP contribution in [0.25, 0.3) is 0 Å². The van der Waals surface area contributed by atoms with Gasteiger partial charge in [-0.15, -0.1) is 10.2 Å². The molecule has 0 fully saturated rings. The van der Waals surface area contributed by atoms with Gasteiger partial charge in [-0.05, 0) is 11.3 Å². The summed E-state index contributed by atoms with van der Waals surface area (Å²) in [5.74, 6) is 0.635. The number of aromatic nitrogens is 3. The van der Waals surface area contributed by atoms with Gasteiger partial charge < -0.3 is 5.32 Å². The van der Waals surface area contributed by atoms with Gasteiger partial charge in [0, 0.05) is 12.6 Å². The van der Waals surface area contributed by atoms with E-state index in [0.717, 1.165) is 0 Å². The van der Waals surface area contributed by atoms with Gasteiger partial charge in [0.05, 0.1) is 6.20 Å². The van der Waals surface area contributed by atoms with E-state index in [1.807, 2.05) is 0 Å². The number of hydrogen-bond acceptors (Lipinski definition) is 4. The average molecular weight is 205 g/mol. The molecule has 0 radical (unpaired) electrons. The SMILES string of the molecule is ClC(Cl)=CCNc1ccnnn1. The third-order valence-electron chi connectivity index (χ3n) is 1.04. The lowest BCUT2D eigenvalue weighted by Gasteiger charge is -1.97. The molecule has 0 bridgehead atoms. The standard InChI is InChI=1S/C6H6Cl2N4/c7-5(8)1-3-9-6-2-4-10-12-11-6/h1-2,4H,3H2,(H,9,10,11). The first kappa shape index (κ1) is 9.22. The normalized spacial score (nSPS) is 9.17. The van der Waals surface area contributed by atoms with Gasteiger partial charge in [0.1, 0.15) is 4.49 Å². The topological polar surface area (TPSA) is 50.7 Å². The van der Waals surface area contributed by atoms with Gasteiger partial charge in [-0.25, -0.2) is 0 Å². The molecule has 12 heavy (non-hydrogen) atoms. The number of rotatable bonds is 3. The van der Waals surface area contributed by atoms with Crippen molar-refractivity contribution in [1.82, 2.24) is 15.4 Å². The average Bonchev–Trinajstić information content (AvgIpc) is 2.05. The van der Waals surface area contributed by atoms with Gasteiger partial charge in [0.25, 0.3) is 0 Å². The molecule has 1 rings (SSSR count). The minimum Gasteiger partial charge on any atom is -0.365 e. The van der Waals surface area contributed by atoms with Crippen LogP contribution in [0.4, 0.5) is 5.82 Å². The first-order valence-corrected chi connectivity index (χ1v) is 3.94. The van der Waals surface area contributed by atoms with E-state index < -0.39 is 0 Å². The van der Waals surface area contributed by atoms with Crippen molar-refractivity contribution in [2.24, 2.45) is 0 Å². The fraction of sp³-hybridized carbons (Fsp3) is 0.167. The molecule has 1 aromatic heterocycles. The molecule has 0 unspecified atom stereocenters. The van der Waals surface area contributed by atoms with E-state index in [1.165, 1.54) is 0 Å². The summed E-state index contributed by atoms with van der Waals surface area (Å²) >= 11 is 10.8. The molecular formula is C6H6Cl2N4. The zero-order valence-electron chi connectivity index (χ0n) is 6.04. The van der Waals surface area contributed by atoms with E-state index in [1.54, 1.807) is 18.3 Å². The molecule has 0 aliphatic rings. The second-order valence-electron chi connectivity index (χ2n) is 1.88. The first-order chi connectivity index (χ1) is 5.79. The molecule has 0 saturated heterocycles. The molecule has 0 aliphatic heterocycles. The lowest BCUT2D eigenvalue weighted by molar-refractivity contribution is 0.866. The Morgan fingerprint density at radius 3 is 3.00 bits per heavy atom. The molecule has 0 spiro atoms. The highest BCUT2D eigenvalue weighted by atomic mass is 35.5. The maximum Gasteiger partial charge on any atom is 0.152 e. The Bertz CT molecular complexity index is 258. The third-order valence-corrected chi connectivity index (χ3v) is 1.35. The highest BCUT2D eigenvalue weighted by Crippen LogP contribution is 2.05. The summed E-state index contributed by atoms with van der Waals surface area (Å²) in [6.07, 6.45) is 3.16. The van der Waals surface area contributed by atoms with Crippen LogP contribution < -0.4 is 5.32 Å². The van der Waals surface area contributed by atoms with Crippen molar-refractivity contribution in [1.29, 1.82) is 0 Å². The van der Waals surface area contributed by atoms with E-state index in [2.05, 4.69) is 20.7 Å². The van der Waals surface area contributed by atoms with Crippen LogP contribution in [-0.4, -0.2) is 22.0 Å². The van der Waals surface area contributed by atoms with Gasteiger partial charge >= 0.3 is 0 Å². The van der Waals surface area contributed by atoms with Crippen molar-refractivity contribution in [3.63, 3.8) is 0 Å². The summed E-state index contributed by atoms with van der Waals surface area (Å²) in [7, 11) is 0. The summed E-state index contributed by atoms with van der Waals surface area (Å²) < 4.78 is 0.226. The smallest absolute Gasteiger partial charge is 0.152 e. The van der Waals surface area contributed by atoms with Crippen LogP contribution in [0, 0.1) is 0 Å². The third kappa shape index (κ3) is 3.50. The lowest BCUT2D eigenvalue weighted by Crippen LogP contribution is -2.01. The van der Waals surface area contributed by atoms with Crippen molar-refractivity contribution in [2.45, 2.75) is 0 Å². The van der Waals surface area contributed by atoms with Crippen molar-refractivity contribution in [3.8, 4) is 0 Å². The van der Waals surface area contributed by atoms with E-state index >= 15 is 0 Å². The van der Waals surface area contributed by atoms with Crippen molar-refractivity contribution in [3.05, 3.63) is 22.8 Å². The number of nitrogens with one attached hydrogen (secondary N) is 1. The summed E-state index contributed by atoms with van der Waals surface area (Å²) in [5, 5.41) is 13.6. The van der Waals surface area contributed by atoms with Gasteiger partial charge in [0.15, 0.2) is 5.82 Å². The Labute approximate surface area is 79.6 Å². The molecule has 64 valence electrons. The van der Waals surface area contributed by atoms with E-state index in [-0.39, 0.29) is 4.49 Å². The first-order valence-electron chi connectivity index (χ1n) is 3.18. The van der Waals surface area contributed by atoms with Crippen LogP contribution in [0.1, 0.15) is 0 Å². The van der Waals surface area contributed by atoms with Crippen LogP contribution in [-0.2, 0) is 0 Å². The number of nitrogens with zero attached hydrogens (tertiary/aromatic N) is 3. The maximum atomic E-state index is 5.38. The van der Waals surface area contributed by atoms with Crippen LogP contribution in [0.15, 0.2) is 22.8 Å². The van der Waals surface area contributed by atoms with Gasteiger partial charge in [-0.2, -0.15) is 0 Å². The van der Waals surface area contributed by atoms with E-state index in [0.29, 0.717) is 12.4 Å². The van der Waals surface area contributed by atoms with Gasteiger partial charge in [-0.1, -0.05) is 23.2 Å². The Morgan fingerprint density at radius 2 is 2.42 bits per heavy atom. The van der Waals surface area contributed by atoms with Crippen LogP contribution in [0.2, 0.25) is 0 Å². The second-order valence-corrected chi connectivity index (χ2v) is 2.89. The summed E-state index contributed by atoms with van der Waals surface area (Å²) in [5.41, 5.74) is 0. The Morgan fingerprint density at radius 1 is 1.58 bits per heavy atom. The predicted molar refractivity (Wildman–Crippen MR) is 48.1 cm³/mol.